The normalized spacial score (nSPS) is 11.5. The Kier molecular flexibility index (Phi) is 4.09. The number of nitrogens with two attached hydrogens (primary N) is 1. The second-order valence-electron chi connectivity index (χ2n) is 4.15. The Morgan fingerprint density at radius 1 is 1.33 bits per heavy atom. The molecular formula is C12H18FNO. The zero-order valence-electron chi connectivity index (χ0n) is 9.29. The minimum absolute atomic E-state index is 0.0641. The van der Waals surface area contributed by atoms with E-state index in [0.717, 1.165) is 17.7 Å². The predicted molar refractivity (Wildman–Crippen MR) is 59.9 cm³/mol. The van der Waals surface area contributed by atoms with Crippen molar-refractivity contribution in [1.29, 1.82) is 0 Å². The smallest absolute Gasteiger partial charge is 0.139 e. The van der Waals surface area contributed by atoms with Gasteiger partial charge in [0.2, 0.25) is 0 Å². The Morgan fingerprint density at radius 2 is 2.00 bits per heavy atom. The molecule has 84 valence electrons. The average molecular weight is 211 g/mol. The maximum Gasteiger partial charge on any atom is 0.139 e. The Morgan fingerprint density at radius 3 is 2.60 bits per heavy atom. The molecule has 0 aromatic heterocycles. The Balaban J connectivity index is 2.67. The lowest BCUT2D eigenvalue weighted by Crippen LogP contribution is -2.23. The number of rotatable bonds is 5. The van der Waals surface area contributed by atoms with E-state index in [1.807, 2.05) is 24.3 Å². The van der Waals surface area contributed by atoms with Crippen LogP contribution in [0.25, 0.3) is 0 Å². The van der Waals surface area contributed by atoms with Crippen molar-refractivity contribution in [2.75, 3.05) is 13.2 Å². The van der Waals surface area contributed by atoms with E-state index in [1.165, 1.54) is 13.8 Å². The van der Waals surface area contributed by atoms with Gasteiger partial charge in [-0.25, -0.2) is 4.39 Å². The van der Waals surface area contributed by atoms with Crippen LogP contribution in [0, 0.1) is 0 Å². The van der Waals surface area contributed by atoms with E-state index in [0.29, 0.717) is 6.54 Å². The molecule has 0 atom stereocenters. The topological polar surface area (TPSA) is 35.2 Å². The fraction of sp³-hybridized carbons (Fsp3) is 0.500. The molecule has 0 radical (unpaired) electrons. The van der Waals surface area contributed by atoms with Crippen LogP contribution in [0.1, 0.15) is 19.4 Å². The van der Waals surface area contributed by atoms with Gasteiger partial charge in [0.25, 0.3) is 0 Å². The lowest BCUT2D eigenvalue weighted by molar-refractivity contribution is 0.120. The summed E-state index contributed by atoms with van der Waals surface area (Å²) < 4.78 is 18.7. The zero-order chi connectivity index (χ0) is 11.3. The molecule has 0 spiro atoms. The van der Waals surface area contributed by atoms with Crippen molar-refractivity contribution in [3.63, 3.8) is 0 Å². The number of halogens is 1. The van der Waals surface area contributed by atoms with Crippen LogP contribution < -0.4 is 10.5 Å². The van der Waals surface area contributed by atoms with E-state index in [-0.39, 0.29) is 6.61 Å². The van der Waals surface area contributed by atoms with Crippen LogP contribution >= 0.6 is 0 Å². The number of ether oxygens (including phenoxy) is 1. The molecule has 0 amide bonds. The summed E-state index contributed by atoms with van der Waals surface area (Å²) >= 11 is 0. The van der Waals surface area contributed by atoms with Crippen molar-refractivity contribution < 1.29 is 9.13 Å². The van der Waals surface area contributed by atoms with Crippen LogP contribution in [0.3, 0.4) is 0 Å². The lowest BCUT2D eigenvalue weighted by Gasteiger charge is -2.17. The van der Waals surface area contributed by atoms with Crippen molar-refractivity contribution in [2.24, 2.45) is 5.73 Å². The quantitative estimate of drug-likeness (QED) is 0.811. The summed E-state index contributed by atoms with van der Waals surface area (Å²) in [5.41, 5.74) is 5.20. The van der Waals surface area contributed by atoms with Gasteiger partial charge in [-0.3, -0.25) is 0 Å². The molecular weight excluding hydrogens is 193 g/mol. The van der Waals surface area contributed by atoms with Crippen molar-refractivity contribution in [3.8, 4) is 5.75 Å². The molecule has 0 saturated carbocycles. The zero-order valence-corrected chi connectivity index (χ0v) is 9.29. The largest absolute Gasteiger partial charge is 0.490 e. The first-order valence-electron chi connectivity index (χ1n) is 5.12. The van der Waals surface area contributed by atoms with E-state index in [1.54, 1.807) is 0 Å². The highest BCUT2D eigenvalue weighted by molar-refractivity contribution is 5.33. The van der Waals surface area contributed by atoms with Gasteiger partial charge in [-0.1, -0.05) is 18.2 Å². The van der Waals surface area contributed by atoms with Crippen molar-refractivity contribution in [3.05, 3.63) is 29.8 Å². The SMILES string of the molecule is CC(C)(F)COc1ccccc1CCN. The molecule has 0 aliphatic rings. The molecule has 0 bridgehead atoms. The van der Waals surface area contributed by atoms with E-state index >= 15 is 0 Å². The van der Waals surface area contributed by atoms with Crippen LogP contribution in [0.4, 0.5) is 4.39 Å². The van der Waals surface area contributed by atoms with E-state index in [4.69, 9.17) is 10.5 Å². The molecule has 0 aliphatic heterocycles. The van der Waals surface area contributed by atoms with Crippen LogP contribution in [0.5, 0.6) is 5.75 Å². The highest BCUT2D eigenvalue weighted by atomic mass is 19.1. The Labute approximate surface area is 90.2 Å². The van der Waals surface area contributed by atoms with Crippen LogP contribution in [0.15, 0.2) is 24.3 Å². The summed E-state index contributed by atoms with van der Waals surface area (Å²) in [5, 5.41) is 0. The van der Waals surface area contributed by atoms with Gasteiger partial charge in [-0.05, 0) is 38.4 Å². The first kappa shape index (κ1) is 12.0. The Hall–Kier alpha value is -1.09. The van der Waals surface area contributed by atoms with Crippen molar-refractivity contribution in [2.45, 2.75) is 25.9 Å². The lowest BCUT2D eigenvalue weighted by atomic mass is 10.1. The van der Waals surface area contributed by atoms with Gasteiger partial charge in [0.05, 0.1) is 0 Å². The molecule has 2 nitrogen and oxygen atoms in total. The van der Waals surface area contributed by atoms with Gasteiger partial charge in [0.1, 0.15) is 18.0 Å². The summed E-state index contributed by atoms with van der Waals surface area (Å²) in [5.74, 6) is 0.730. The third-order valence-corrected chi connectivity index (χ3v) is 1.96. The Bertz CT molecular complexity index is 307. The second kappa shape index (κ2) is 5.12. The first-order chi connectivity index (χ1) is 7.03. The third-order valence-electron chi connectivity index (χ3n) is 1.96. The van der Waals surface area contributed by atoms with Crippen molar-refractivity contribution in [1.82, 2.24) is 0 Å². The summed E-state index contributed by atoms with van der Waals surface area (Å²) in [4.78, 5) is 0. The summed E-state index contributed by atoms with van der Waals surface area (Å²) in [6, 6.07) is 7.60. The maximum absolute atomic E-state index is 13.2. The minimum Gasteiger partial charge on any atom is -0.490 e. The summed E-state index contributed by atoms with van der Waals surface area (Å²) in [6.07, 6.45) is 0.753. The van der Waals surface area contributed by atoms with E-state index in [2.05, 4.69) is 0 Å². The average Bonchev–Trinajstić information content (AvgIpc) is 2.16. The molecule has 3 heteroatoms. The molecule has 15 heavy (non-hydrogen) atoms. The number of para-hydroxylation sites is 1. The standard InChI is InChI=1S/C12H18FNO/c1-12(2,13)9-15-11-6-4-3-5-10(11)7-8-14/h3-6H,7-9,14H2,1-2H3. The maximum atomic E-state index is 13.2. The van der Waals surface area contributed by atoms with E-state index in [9.17, 15) is 4.39 Å². The predicted octanol–water partition coefficient (Wildman–Crippen LogP) is 2.31. The van der Waals surface area contributed by atoms with Gasteiger partial charge in [-0.15, -0.1) is 0 Å². The van der Waals surface area contributed by atoms with E-state index < -0.39 is 5.67 Å². The summed E-state index contributed by atoms with van der Waals surface area (Å²) in [6.45, 7) is 3.63. The second-order valence-corrected chi connectivity index (χ2v) is 4.15. The van der Waals surface area contributed by atoms with Gasteiger partial charge >= 0.3 is 0 Å². The van der Waals surface area contributed by atoms with Crippen LogP contribution in [0.2, 0.25) is 0 Å². The molecule has 1 aromatic carbocycles. The molecule has 2 N–H and O–H groups in total. The van der Waals surface area contributed by atoms with Gasteiger partial charge < -0.3 is 10.5 Å². The number of hydrogen-bond acceptors (Lipinski definition) is 2. The molecule has 0 aliphatic carbocycles. The highest BCUT2D eigenvalue weighted by Crippen LogP contribution is 2.20. The monoisotopic (exact) mass is 211 g/mol. The molecule has 1 aromatic rings. The number of alkyl halides is 1. The highest BCUT2D eigenvalue weighted by Gasteiger charge is 2.16. The van der Waals surface area contributed by atoms with Gasteiger partial charge in [0, 0.05) is 0 Å². The molecule has 0 unspecified atom stereocenters. The van der Waals surface area contributed by atoms with Crippen molar-refractivity contribution >= 4 is 0 Å². The molecule has 1 rings (SSSR count). The third kappa shape index (κ3) is 4.30. The van der Waals surface area contributed by atoms with Crippen LogP contribution in [-0.2, 0) is 6.42 Å². The number of benzene rings is 1. The van der Waals surface area contributed by atoms with Gasteiger partial charge in [-0.2, -0.15) is 0 Å². The first-order valence-corrected chi connectivity index (χ1v) is 5.12. The molecule has 0 heterocycles. The molecule has 0 fully saturated rings. The number of hydrogen-bond donors (Lipinski definition) is 1. The minimum atomic E-state index is -1.31. The fourth-order valence-electron chi connectivity index (χ4n) is 1.26. The van der Waals surface area contributed by atoms with Crippen LogP contribution in [-0.4, -0.2) is 18.8 Å². The van der Waals surface area contributed by atoms with Gasteiger partial charge in [0.15, 0.2) is 0 Å². The summed E-state index contributed by atoms with van der Waals surface area (Å²) in [7, 11) is 0. The fourth-order valence-corrected chi connectivity index (χ4v) is 1.26. The molecule has 0 saturated heterocycles.